The van der Waals surface area contributed by atoms with Crippen LogP contribution >= 0.6 is 0 Å². The predicted molar refractivity (Wildman–Crippen MR) is 134 cm³/mol. The van der Waals surface area contributed by atoms with E-state index in [-0.39, 0.29) is 5.04 Å². The summed E-state index contributed by atoms with van der Waals surface area (Å²) in [7, 11) is -4.84. The third-order valence-corrected chi connectivity index (χ3v) is 19.4. The minimum Gasteiger partial charge on any atom is -0.544 e. The third-order valence-electron chi connectivity index (χ3n) is 7.03. The van der Waals surface area contributed by atoms with Crippen LogP contribution < -0.4 is 9.61 Å². The van der Waals surface area contributed by atoms with Gasteiger partial charge in [-0.25, -0.2) is 0 Å². The largest absolute Gasteiger partial charge is 0.544 e. The van der Waals surface area contributed by atoms with Gasteiger partial charge in [0.2, 0.25) is 8.32 Å². The molecule has 0 amide bonds. The molecule has 162 valence electrons. The van der Waals surface area contributed by atoms with Crippen LogP contribution in [-0.2, 0) is 4.43 Å². The maximum Gasteiger partial charge on any atom is 0.250 e. The molecular formula is C23H46O2Si3. The summed E-state index contributed by atoms with van der Waals surface area (Å²) in [5.41, 5.74) is 0. The van der Waals surface area contributed by atoms with Gasteiger partial charge in [-0.05, 0) is 54.8 Å². The molecule has 0 unspecified atom stereocenters. The van der Waals surface area contributed by atoms with Crippen molar-refractivity contribution in [3.63, 3.8) is 0 Å². The van der Waals surface area contributed by atoms with E-state index in [4.69, 9.17) is 8.85 Å². The summed E-state index contributed by atoms with van der Waals surface area (Å²) in [6, 6.07) is 10.3. The van der Waals surface area contributed by atoms with Crippen molar-refractivity contribution in [2.45, 2.75) is 103 Å². The van der Waals surface area contributed by atoms with Crippen LogP contribution in [0.5, 0.6) is 5.75 Å². The lowest BCUT2D eigenvalue weighted by Crippen LogP contribution is -2.44. The van der Waals surface area contributed by atoms with Crippen LogP contribution in [0.2, 0.25) is 55.4 Å². The molecule has 0 heterocycles. The Morgan fingerprint density at radius 3 is 1.61 bits per heavy atom. The van der Waals surface area contributed by atoms with Crippen LogP contribution in [0.25, 0.3) is 0 Å². The Hall–Kier alpha value is -0.369. The molecule has 1 aromatic carbocycles. The first-order valence-corrected chi connectivity index (χ1v) is 19.8. The molecule has 0 aliphatic carbocycles. The van der Waals surface area contributed by atoms with Gasteiger partial charge in [0.1, 0.15) is 5.75 Å². The monoisotopic (exact) mass is 438 g/mol. The summed E-state index contributed by atoms with van der Waals surface area (Å²) in [5, 5.41) is 2.03. The van der Waals surface area contributed by atoms with Gasteiger partial charge in [-0.3, -0.25) is 0 Å². The molecule has 1 rings (SSSR count). The molecule has 0 saturated carbocycles. The van der Waals surface area contributed by atoms with Gasteiger partial charge in [0.15, 0.2) is 8.32 Å². The Morgan fingerprint density at radius 1 is 0.714 bits per heavy atom. The SMILES string of the molecule is CC(C)(C)[Si](C)(C)OCCC[Si](C)(C)c1ccc(O[Si](C)(C)C(C)(C)C)cc1. The van der Waals surface area contributed by atoms with Crippen molar-refractivity contribution in [1.82, 2.24) is 0 Å². The maximum absolute atomic E-state index is 6.44. The molecule has 0 atom stereocenters. The van der Waals surface area contributed by atoms with Crippen molar-refractivity contribution in [2.24, 2.45) is 0 Å². The molecule has 0 bridgehead atoms. The molecule has 0 aromatic heterocycles. The number of hydrogen-bond acceptors (Lipinski definition) is 2. The van der Waals surface area contributed by atoms with E-state index in [0.29, 0.717) is 5.04 Å². The minimum absolute atomic E-state index is 0.226. The van der Waals surface area contributed by atoms with Gasteiger partial charge in [-0.1, -0.05) is 78.0 Å². The Kier molecular flexibility index (Phi) is 8.05. The summed E-state index contributed by atoms with van der Waals surface area (Å²) in [6.07, 6.45) is 1.16. The summed E-state index contributed by atoms with van der Waals surface area (Å²) in [6.45, 7) is 28.9. The van der Waals surface area contributed by atoms with E-state index in [0.717, 1.165) is 18.8 Å². The highest BCUT2D eigenvalue weighted by Gasteiger charge is 2.39. The first-order chi connectivity index (χ1) is 12.4. The first kappa shape index (κ1) is 25.7. The minimum atomic E-state index is -1.77. The molecular weight excluding hydrogens is 393 g/mol. The van der Waals surface area contributed by atoms with Gasteiger partial charge < -0.3 is 8.85 Å². The van der Waals surface area contributed by atoms with Gasteiger partial charge >= 0.3 is 0 Å². The fraction of sp³-hybridized carbons (Fsp3) is 0.739. The molecule has 0 fully saturated rings. The fourth-order valence-electron chi connectivity index (χ4n) is 2.62. The Morgan fingerprint density at radius 2 is 1.18 bits per heavy atom. The van der Waals surface area contributed by atoms with E-state index in [2.05, 4.69) is 105 Å². The normalized spacial score (nSPS) is 14.3. The van der Waals surface area contributed by atoms with Crippen LogP contribution in [0.3, 0.4) is 0 Å². The quantitative estimate of drug-likeness (QED) is 0.311. The van der Waals surface area contributed by atoms with E-state index in [1.165, 1.54) is 11.2 Å². The molecule has 28 heavy (non-hydrogen) atoms. The maximum atomic E-state index is 6.44. The number of rotatable bonds is 8. The highest BCUT2D eigenvalue weighted by Crippen LogP contribution is 2.38. The van der Waals surface area contributed by atoms with Crippen molar-refractivity contribution in [3.8, 4) is 5.75 Å². The zero-order valence-electron chi connectivity index (χ0n) is 20.7. The fourth-order valence-corrected chi connectivity index (χ4v) is 7.13. The second kappa shape index (κ2) is 8.78. The Labute approximate surface area is 178 Å². The van der Waals surface area contributed by atoms with Crippen molar-refractivity contribution < 1.29 is 8.85 Å². The van der Waals surface area contributed by atoms with Gasteiger partial charge in [-0.15, -0.1) is 0 Å². The zero-order chi connectivity index (χ0) is 22.0. The first-order valence-electron chi connectivity index (χ1n) is 10.8. The van der Waals surface area contributed by atoms with Crippen molar-refractivity contribution in [3.05, 3.63) is 24.3 Å². The third kappa shape index (κ3) is 6.85. The lowest BCUT2D eigenvalue weighted by molar-refractivity contribution is 0.287. The highest BCUT2D eigenvalue weighted by atomic mass is 28.4. The van der Waals surface area contributed by atoms with E-state index in [1.54, 1.807) is 0 Å². The molecule has 2 nitrogen and oxygen atoms in total. The van der Waals surface area contributed by atoms with Gasteiger partial charge in [0.05, 0.1) is 8.07 Å². The average molecular weight is 439 g/mol. The van der Waals surface area contributed by atoms with Gasteiger partial charge in [-0.2, -0.15) is 0 Å². The molecule has 0 saturated heterocycles. The molecule has 0 N–H and O–H groups in total. The second-order valence-corrected chi connectivity index (χ2v) is 26.4. The molecule has 0 aliphatic heterocycles. The van der Waals surface area contributed by atoms with E-state index in [1.807, 2.05) is 0 Å². The molecule has 0 aliphatic rings. The molecule has 0 spiro atoms. The van der Waals surface area contributed by atoms with E-state index >= 15 is 0 Å². The number of hydrogen-bond donors (Lipinski definition) is 0. The predicted octanol–water partition coefficient (Wildman–Crippen LogP) is 7.40. The topological polar surface area (TPSA) is 18.5 Å². The Balaban J connectivity index is 2.67. The van der Waals surface area contributed by atoms with Crippen LogP contribution in [0, 0.1) is 0 Å². The molecule has 5 heteroatoms. The van der Waals surface area contributed by atoms with Crippen molar-refractivity contribution >= 4 is 29.9 Å². The van der Waals surface area contributed by atoms with Crippen LogP contribution in [0.15, 0.2) is 24.3 Å². The summed E-state index contributed by atoms with van der Waals surface area (Å²) < 4.78 is 12.8. The lowest BCUT2D eigenvalue weighted by atomic mass is 10.2. The standard InChI is InChI=1S/C23H46O2Si3/c1-22(2,3)27(9,10)24-18-13-19-26(7,8)21-16-14-20(15-17-21)25-28(11,12)23(4,5)6/h14-17H,13,18-19H2,1-12H3. The summed E-state index contributed by atoms with van der Waals surface area (Å²) in [5.74, 6) is 1.03. The smallest absolute Gasteiger partial charge is 0.250 e. The van der Waals surface area contributed by atoms with Gasteiger partial charge in [0, 0.05) is 6.61 Å². The molecule has 1 aromatic rings. The van der Waals surface area contributed by atoms with E-state index in [9.17, 15) is 0 Å². The average Bonchev–Trinajstić information content (AvgIpc) is 2.49. The second-order valence-electron chi connectivity index (χ2n) is 12.0. The highest BCUT2D eigenvalue weighted by molar-refractivity contribution is 6.89. The van der Waals surface area contributed by atoms with Crippen LogP contribution in [0.4, 0.5) is 0 Å². The number of benzene rings is 1. The van der Waals surface area contributed by atoms with Crippen molar-refractivity contribution in [2.75, 3.05) is 6.61 Å². The summed E-state index contributed by atoms with van der Waals surface area (Å²) in [4.78, 5) is 0. The summed E-state index contributed by atoms with van der Waals surface area (Å²) >= 11 is 0. The van der Waals surface area contributed by atoms with Gasteiger partial charge in [0.25, 0.3) is 0 Å². The lowest BCUT2D eigenvalue weighted by Gasteiger charge is -2.37. The van der Waals surface area contributed by atoms with E-state index < -0.39 is 24.7 Å². The van der Waals surface area contributed by atoms with Crippen LogP contribution in [-0.4, -0.2) is 31.3 Å². The van der Waals surface area contributed by atoms with Crippen molar-refractivity contribution in [1.29, 1.82) is 0 Å². The van der Waals surface area contributed by atoms with Crippen LogP contribution in [0.1, 0.15) is 48.0 Å². The zero-order valence-corrected chi connectivity index (χ0v) is 23.7. The Bertz CT molecular complexity index is 621. The molecule has 0 radical (unpaired) electrons.